The van der Waals surface area contributed by atoms with Crippen molar-refractivity contribution in [2.75, 3.05) is 6.26 Å². The molecule has 6 heteroatoms. The van der Waals surface area contributed by atoms with E-state index in [1.165, 1.54) is 11.8 Å². The van der Waals surface area contributed by atoms with Crippen LogP contribution in [0.25, 0.3) is 0 Å². The van der Waals surface area contributed by atoms with Gasteiger partial charge in [-0.15, -0.1) is 22.0 Å². The van der Waals surface area contributed by atoms with Crippen LogP contribution < -0.4 is 5.32 Å². The van der Waals surface area contributed by atoms with Crippen LogP contribution >= 0.6 is 24.0 Å². The Morgan fingerprint density at radius 2 is 1.87 bits per heavy atom. The minimum absolute atomic E-state index is 0.158. The predicted molar refractivity (Wildman–Crippen MR) is 98.9 cm³/mol. The summed E-state index contributed by atoms with van der Waals surface area (Å²) < 4.78 is 0. The number of aliphatic hydroxyl groups excluding tert-OH is 1. The van der Waals surface area contributed by atoms with E-state index in [4.69, 9.17) is 12.2 Å². The third-order valence-corrected chi connectivity index (χ3v) is 4.13. The molecule has 0 saturated heterocycles. The lowest BCUT2D eigenvalue weighted by Crippen LogP contribution is -2.40. The summed E-state index contributed by atoms with van der Waals surface area (Å²) >= 11 is 6.86. The van der Waals surface area contributed by atoms with Gasteiger partial charge in [-0.1, -0.05) is 42.5 Å². The molecule has 0 amide bonds. The Morgan fingerprint density at radius 1 is 1.22 bits per heavy atom. The van der Waals surface area contributed by atoms with Crippen molar-refractivity contribution in [3.05, 3.63) is 53.2 Å². The van der Waals surface area contributed by atoms with E-state index in [2.05, 4.69) is 15.5 Å². The number of thioether (sulfide) groups is 1. The average molecular weight is 348 g/mol. The minimum Gasteiger partial charge on any atom is -0.384 e. The van der Waals surface area contributed by atoms with Crippen LogP contribution in [0.5, 0.6) is 0 Å². The maximum absolute atomic E-state index is 10.7. The molecule has 2 rings (SSSR count). The molecule has 0 fully saturated rings. The molecule has 0 bridgehead atoms. The van der Waals surface area contributed by atoms with Gasteiger partial charge in [0.2, 0.25) is 0 Å². The lowest BCUT2D eigenvalue weighted by molar-refractivity contribution is 0.216. The van der Waals surface area contributed by atoms with E-state index in [0.29, 0.717) is 21.3 Å². The van der Waals surface area contributed by atoms with Crippen molar-refractivity contribution in [3.63, 3.8) is 0 Å². The minimum atomic E-state index is -0.759. The number of hydrogen-bond acceptors (Lipinski definition) is 5. The SMILES string of the molecule is CSc1nnc(C(=S)NC(C)(C)C)cc1C(O)c1ccccc1. The first-order chi connectivity index (χ1) is 10.8. The molecule has 1 aromatic heterocycles. The number of thiocarbonyl (C=S) groups is 1. The van der Waals surface area contributed by atoms with Crippen LogP contribution in [-0.4, -0.2) is 32.1 Å². The third kappa shape index (κ3) is 4.73. The fourth-order valence-corrected chi connectivity index (χ4v) is 3.01. The largest absolute Gasteiger partial charge is 0.384 e. The molecule has 23 heavy (non-hydrogen) atoms. The maximum atomic E-state index is 10.7. The van der Waals surface area contributed by atoms with Gasteiger partial charge in [0.15, 0.2) is 0 Å². The molecule has 2 aromatic rings. The fourth-order valence-electron chi connectivity index (χ4n) is 2.08. The second-order valence-corrected chi connectivity index (χ2v) is 7.41. The van der Waals surface area contributed by atoms with E-state index in [1.54, 1.807) is 0 Å². The second kappa shape index (κ2) is 7.38. The molecule has 1 aromatic carbocycles. The van der Waals surface area contributed by atoms with Gasteiger partial charge in [-0.2, -0.15) is 0 Å². The van der Waals surface area contributed by atoms with Gasteiger partial charge in [-0.25, -0.2) is 0 Å². The summed E-state index contributed by atoms with van der Waals surface area (Å²) in [6.45, 7) is 6.09. The maximum Gasteiger partial charge on any atom is 0.127 e. The summed E-state index contributed by atoms with van der Waals surface area (Å²) in [5, 5.41) is 23.0. The van der Waals surface area contributed by atoms with Crippen molar-refractivity contribution in [1.29, 1.82) is 0 Å². The molecule has 0 aliphatic carbocycles. The highest BCUT2D eigenvalue weighted by Crippen LogP contribution is 2.28. The van der Waals surface area contributed by atoms with Crippen molar-refractivity contribution in [2.45, 2.75) is 37.4 Å². The standard InChI is InChI=1S/C17H21N3OS2/c1-17(2,3)18-15(22)13-10-12(16(23-4)20-19-13)14(21)11-8-6-5-7-9-11/h5-10,14,21H,1-4H3,(H,18,22). The quantitative estimate of drug-likeness (QED) is 0.653. The molecule has 0 radical (unpaired) electrons. The van der Waals surface area contributed by atoms with Crippen LogP contribution in [-0.2, 0) is 0 Å². The zero-order chi connectivity index (χ0) is 17.0. The zero-order valence-electron chi connectivity index (χ0n) is 13.7. The molecule has 0 aliphatic rings. The Morgan fingerprint density at radius 3 is 2.43 bits per heavy atom. The van der Waals surface area contributed by atoms with Crippen LogP contribution in [0.2, 0.25) is 0 Å². The number of nitrogens with zero attached hydrogens (tertiary/aromatic N) is 2. The Labute approximate surface area is 146 Å². The zero-order valence-corrected chi connectivity index (χ0v) is 15.3. The Balaban J connectivity index is 2.38. The van der Waals surface area contributed by atoms with E-state index in [9.17, 15) is 5.11 Å². The van der Waals surface area contributed by atoms with Crippen molar-refractivity contribution >= 4 is 29.0 Å². The van der Waals surface area contributed by atoms with Crippen LogP contribution in [0.4, 0.5) is 0 Å². The summed E-state index contributed by atoms with van der Waals surface area (Å²) in [6, 6.07) is 11.3. The topological polar surface area (TPSA) is 58.0 Å². The van der Waals surface area contributed by atoms with Crippen molar-refractivity contribution in [1.82, 2.24) is 15.5 Å². The summed E-state index contributed by atoms with van der Waals surface area (Å²) in [5.74, 6) is 0. The first-order valence-electron chi connectivity index (χ1n) is 7.29. The van der Waals surface area contributed by atoms with Gasteiger partial charge in [0.05, 0.1) is 0 Å². The van der Waals surface area contributed by atoms with E-state index in [-0.39, 0.29) is 5.54 Å². The average Bonchev–Trinajstić information content (AvgIpc) is 2.52. The van der Waals surface area contributed by atoms with Crippen LogP contribution in [0.3, 0.4) is 0 Å². The monoisotopic (exact) mass is 347 g/mol. The third-order valence-electron chi connectivity index (χ3n) is 3.11. The molecule has 0 aliphatic heterocycles. The van der Waals surface area contributed by atoms with Crippen molar-refractivity contribution < 1.29 is 5.11 Å². The molecule has 2 N–H and O–H groups in total. The molecular weight excluding hydrogens is 326 g/mol. The number of aromatic nitrogens is 2. The number of aliphatic hydroxyl groups is 1. The summed E-state index contributed by atoms with van der Waals surface area (Å²) in [5.41, 5.74) is 1.94. The van der Waals surface area contributed by atoms with E-state index >= 15 is 0 Å². The van der Waals surface area contributed by atoms with Gasteiger partial charge in [0.1, 0.15) is 21.8 Å². The normalized spacial score (nSPS) is 12.7. The van der Waals surface area contributed by atoms with Crippen LogP contribution in [0.15, 0.2) is 41.4 Å². The van der Waals surface area contributed by atoms with E-state index in [0.717, 1.165) is 5.56 Å². The van der Waals surface area contributed by atoms with Gasteiger partial charge < -0.3 is 10.4 Å². The lowest BCUT2D eigenvalue weighted by atomic mass is 10.0. The Kier molecular flexibility index (Phi) is 5.73. The summed E-state index contributed by atoms with van der Waals surface area (Å²) in [6.07, 6.45) is 1.15. The number of nitrogens with one attached hydrogen (secondary N) is 1. The summed E-state index contributed by atoms with van der Waals surface area (Å²) in [7, 11) is 0. The molecule has 4 nitrogen and oxygen atoms in total. The molecule has 122 valence electrons. The number of benzene rings is 1. The first-order valence-corrected chi connectivity index (χ1v) is 8.92. The molecule has 1 heterocycles. The predicted octanol–water partition coefficient (Wildman–Crippen LogP) is 3.34. The molecule has 1 unspecified atom stereocenters. The van der Waals surface area contributed by atoms with Gasteiger partial charge >= 0.3 is 0 Å². The molecule has 1 atom stereocenters. The smallest absolute Gasteiger partial charge is 0.127 e. The molecule has 0 saturated carbocycles. The molecule has 0 spiro atoms. The van der Waals surface area contributed by atoms with E-state index in [1.807, 2.05) is 63.4 Å². The summed E-state index contributed by atoms with van der Waals surface area (Å²) in [4.78, 5) is 0.527. The highest BCUT2D eigenvalue weighted by Gasteiger charge is 2.20. The highest BCUT2D eigenvalue weighted by atomic mass is 32.2. The number of hydrogen-bond donors (Lipinski definition) is 2. The van der Waals surface area contributed by atoms with Crippen molar-refractivity contribution in [3.8, 4) is 0 Å². The second-order valence-electron chi connectivity index (χ2n) is 6.21. The van der Waals surface area contributed by atoms with Crippen LogP contribution in [0.1, 0.15) is 43.7 Å². The Hall–Kier alpha value is -1.50. The van der Waals surface area contributed by atoms with Crippen molar-refractivity contribution in [2.24, 2.45) is 0 Å². The molecular formula is C17H21N3OS2. The van der Waals surface area contributed by atoms with E-state index < -0.39 is 6.10 Å². The van der Waals surface area contributed by atoms with Crippen LogP contribution in [0, 0.1) is 0 Å². The van der Waals surface area contributed by atoms with Gasteiger partial charge in [0.25, 0.3) is 0 Å². The van der Waals surface area contributed by atoms with Gasteiger partial charge in [-0.3, -0.25) is 0 Å². The van der Waals surface area contributed by atoms with Gasteiger partial charge in [0, 0.05) is 11.1 Å². The van der Waals surface area contributed by atoms with Gasteiger partial charge in [-0.05, 0) is 38.7 Å². The number of rotatable bonds is 4. The lowest BCUT2D eigenvalue weighted by Gasteiger charge is -2.22. The fraction of sp³-hybridized carbons (Fsp3) is 0.353. The highest BCUT2D eigenvalue weighted by molar-refractivity contribution is 7.98. The first kappa shape index (κ1) is 17.8. The Bertz CT molecular complexity index is 684.